The lowest BCUT2D eigenvalue weighted by Crippen LogP contribution is -2.28. The molecule has 0 radical (unpaired) electrons. The second-order valence-electron chi connectivity index (χ2n) is 5.63. The molecule has 0 bridgehead atoms. The maximum absolute atomic E-state index is 12.2. The lowest BCUT2D eigenvalue weighted by molar-refractivity contribution is 0.0943. The second-order valence-corrected chi connectivity index (χ2v) is 5.63. The van der Waals surface area contributed by atoms with Crippen LogP contribution in [-0.2, 0) is 0 Å². The number of carbonyl (C=O) groups excluding carboxylic acids is 1. The SMILES string of the molecule is O=C(NCC1CC/C(=C/CO)C1)c1cc2ccccc2[nH]1. The Bertz CT molecular complexity index is 639. The van der Waals surface area contributed by atoms with Crippen LogP contribution in [0.4, 0.5) is 0 Å². The summed E-state index contributed by atoms with van der Waals surface area (Å²) in [4.78, 5) is 15.3. The first-order valence-corrected chi connectivity index (χ1v) is 7.41. The highest BCUT2D eigenvalue weighted by molar-refractivity contribution is 5.97. The van der Waals surface area contributed by atoms with E-state index < -0.39 is 0 Å². The highest BCUT2D eigenvalue weighted by Gasteiger charge is 2.20. The van der Waals surface area contributed by atoms with Gasteiger partial charge in [-0.3, -0.25) is 4.79 Å². The predicted molar refractivity (Wildman–Crippen MR) is 83.1 cm³/mol. The molecule has 0 saturated heterocycles. The lowest BCUT2D eigenvalue weighted by Gasteiger charge is -2.09. The number of aliphatic hydroxyl groups is 1. The Hall–Kier alpha value is -2.07. The van der Waals surface area contributed by atoms with Crippen molar-refractivity contribution in [2.24, 2.45) is 5.92 Å². The maximum atomic E-state index is 12.2. The summed E-state index contributed by atoms with van der Waals surface area (Å²) in [5, 5.41) is 13.0. The van der Waals surface area contributed by atoms with E-state index in [1.807, 2.05) is 36.4 Å². The molecule has 3 N–H and O–H groups in total. The number of benzene rings is 1. The molecule has 1 fully saturated rings. The minimum Gasteiger partial charge on any atom is -0.392 e. The average Bonchev–Trinajstić information content (AvgIpc) is 3.11. The first-order valence-electron chi connectivity index (χ1n) is 7.41. The fraction of sp³-hybridized carbons (Fsp3) is 0.353. The smallest absolute Gasteiger partial charge is 0.267 e. The molecule has 4 nitrogen and oxygen atoms in total. The fourth-order valence-corrected chi connectivity index (χ4v) is 2.98. The van der Waals surface area contributed by atoms with Gasteiger partial charge >= 0.3 is 0 Å². The Labute approximate surface area is 123 Å². The highest BCUT2D eigenvalue weighted by atomic mass is 16.2. The molecule has 2 aromatic rings. The normalized spacial score (nSPS) is 20.2. The van der Waals surface area contributed by atoms with Crippen molar-refractivity contribution in [3.63, 3.8) is 0 Å². The molecule has 21 heavy (non-hydrogen) atoms. The van der Waals surface area contributed by atoms with Crippen molar-refractivity contribution in [3.8, 4) is 0 Å². The summed E-state index contributed by atoms with van der Waals surface area (Å²) in [6, 6.07) is 9.76. The van der Waals surface area contributed by atoms with E-state index >= 15 is 0 Å². The van der Waals surface area contributed by atoms with E-state index in [1.165, 1.54) is 5.57 Å². The van der Waals surface area contributed by atoms with Crippen LogP contribution in [0, 0.1) is 5.92 Å². The van der Waals surface area contributed by atoms with Gasteiger partial charge in [-0.1, -0.05) is 29.8 Å². The number of para-hydroxylation sites is 1. The van der Waals surface area contributed by atoms with Gasteiger partial charge in [-0.2, -0.15) is 0 Å². The summed E-state index contributed by atoms with van der Waals surface area (Å²) < 4.78 is 0. The van der Waals surface area contributed by atoms with Crippen molar-refractivity contribution in [1.82, 2.24) is 10.3 Å². The van der Waals surface area contributed by atoms with Crippen molar-refractivity contribution < 1.29 is 9.90 Å². The Morgan fingerprint density at radius 3 is 3.10 bits per heavy atom. The number of carbonyl (C=O) groups is 1. The van der Waals surface area contributed by atoms with Gasteiger partial charge < -0.3 is 15.4 Å². The summed E-state index contributed by atoms with van der Waals surface area (Å²) in [6.45, 7) is 0.806. The third-order valence-corrected chi connectivity index (χ3v) is 4.13. The third kappa shape index (κ3) is 3.16. The molecule has 1 saturated carbocycles. The molecule has 1 aromatic carbocycles. The predicted octanol–water partition coefficient (Wildman–Crippen LogP) is 2.62. The summed E-state index contributed by atoms with van der Waals surface area (Å²) in [6.07, 6.45) is 4.99. The molecule has 1 aliphatic rings. The van der Waals surface area contributed by atoms with Crippen LogP contribution in [0.2, 0.25) is 0 Å². The number of hydrogen-bond donors (Lipinski definition) is 3. The number of aromatic nitrogens is 1. The largest absolute Gasteiger partial charge is 0.392 e. The molecule has 1 aliphatic carbocycles. The topological polar surface area (TPSA) is 65.1 Å². The van der Waals surface area contributed by atoms with E-state index in [9.17, 15) is 4.79 Å². The van der Waals surface area contributed by atoms with Crippen LogP contribution in [0.3, 0.4) is 0 Å². The van der Waals surface area contributed by atoms with E-state index in [1.54, 1.807) is 0 Å². The Morgan fingerprint density at radius 1 is 1.43 bits per heavy atom. The van der Waals surface area contributed by atoms with Crippen LogP contribution in [0.15, 0.2) is 42.0 Å². The number of hydrogen-bond acceptors (Lipinski definition) is 2. The molecular weight excluding hydrogens is 264 g/mol. The molecule has 1 aromatic heterocycles. The van der Waals surface area contributed by atoms with Gasteiger partial charge in [0.15, 0.2) is 0 Å². The van der Waals surface area contributed by atoms with Gasteiger partial charge in [0.2, 0.25) is 0 Å². The number of amides is 1. The van der Waals surface area contributed by atoms with Crippen molar-refractivity contribution >= 4 is 16.8 Å². The summed E-state index contributed by atoms with van der Waals surface area (Å²) >= 11 is 0. The first-order chi connectivity index (χ1) is 10.3. The van der Waals surface area contributed by atoms with Gasteiger partial charge in [0, 0.05) is 17.4 Å². The number of aliphatic hydroxyl groups excluding tert-OH is 1. The third-order valence-electron chi connectivity index (χ3n) is 4.13. The molecule has 4 heteroatoms. The van der Waals surface area contributed by atoms with Gasteiger partial charge in [0.1, 0.15) is 5.69 Å². The quantitative estimate of drug-likeness (QED) is 0.756. The zero-order chi connectivity index (χ0) is 14.7. The van der Waals surface area contributed by atoms with Gasteiger partial charge in [-0.15, -0.1) is 0 Å². The van der Waals surface area contributed by atoms with E-state index in [2.05, 4.69) is 10.3 Å². The summed E-state index contributed by atoms with van der Waals surface area (Å²) in [7, 11) is 0. The van der Waals surface area contributed by atoms with Gasteiger partial charge in [-0.25, -0.2) is 0 Å². The molecule has 1 atom stereocenters. The van der Waals surface area contributed by atoms with Gasteiger partial charge in [0.05, 0.1) is 6.61 Å². The number of rotatable bonds is 4. The number of H-pyrrole nitrogens is 1. The van der Waals surface area contributed by atoms with Crippen LogP contribution >= 0.6 is 0 Å². The van der Waals surface area contributed by atoms with Crippen LogP contribution in [0.1, 0.15) is 29.8 Å². The molecule has 1 amide bonds. The highest BCUT2D eigenvalue weighted by Crippen LogP contribution is 2.29. The number of allylic oxidation sites excluding steroid dienone is 1. The molecule has 0 aliphatic heterocycles. The van der Waals surface area contributed by atoms with E-state index in [0.717, 1.165) is 30.2 Å². The number of aromatic amines is 1. The number of nitrogens with one attached hydrogen (secondary N) is 2. The van der Waals surface area contributed by atoms with E-state index in [4.69, 9.17) is 5.11 Å². The average molecular weight is 284 g/mol. The molecule has 1 heterocycles. The summed E-state index contributed by atoms with van der Waals surface area (Å²) in [5.74, 6) is 0.432. The van der Waals surface area contributed by atoms with Gasteiger partial charge in [0.25, 0.3) is 5.91 Å². The van der Waals surface area contributed by atoms with Crippen LogP contribution in [0.25, 0.3) is 10.9 Å². The van der Waals surface area contributed by atoms with Crippen molar-refractivity contribution in [2.75, 3.05) is 13.2 Å². The summed E-state index contributed by atoms with van der Waals surface area (Å²) in [5.41, 5.74) is 2.90. The van der Waals surface area contributed by atoms with Crippen molar-refractivity contribution in [3.05, 3.63) is 47.7 Å². The molecule has 0 spiro atoms. The molecule has 1 unspecified atom stereocenters. The Kier molecular flexibility index (Phi) is 4.06. The maximum Gasteiger partial charge on any atom is 0.267 e. The molecule has 3 rings (SSSR count). The minimum atomic E-state index is -0.0502. The van der Waals surface area contributed by atoms with E-state index in [-0.39, 0.29) is 12.5 Å². The molecular formula is C17H20N2O2. The van der Waals surface area contributed by atoms with Crippen molar-refractivity contribution in [1.29, 1.82) is 0 Å². The lowest BCUT2D eigenvalue weighted by atomic mass is 10.1. The fourth-order valence-electron chi connectivity index (χ4n) is 2.98. The second kappa shape index (κ2) is 6.14. The monoisotopic (exact) mass is 284 g/mol. The van der Waals surface area contributed by atoms with Crippen LogP contribution in [-0.4, -0.2) is 29.1 Å². The first kappa shape index (κ1) is 13.9. The van der Waals surface area contributed by atoms with Gasteiger partial charge in [-0.05, 0) is 37.3 Å². The zero-order valence-electron chi connectivity index (χ0n) is 11.9. The molecule has 110 valence electrons. The zero-order valence-corrected chi connectivity index (χ0v) is 11.9. The standard InChI is InChI=1S/C17H20N2O2/c20-8-7-12-5-6-13(9-12)11-18-17(21)16-10-14-3-1-2-4-15(14)19-16/h1-4,7,10,13,19-20H,5-6,8-9,11H2,(H,18,21)/b12-7-. The van der Waals surface area contributed by atoms with Crippen molar-refractivity contribution in [2.45, 2.75) is 19.3 Å². The van der Waals surface area contributed by atoms with E-state index in [0.29, 0.717) is 18.2 Å². The number of fused-ring (bicyclic) bond motifs is 1. The van der Waals surface area contributed by atoms with Crippen LogP contribution < -0.4 is 5.32 Å². The Morgan fingerprint density at radius 2 is 2.29 bits per heavy atom. The minimum absolute atomic E-state index is 0.0502. The van der Waals surface area contributed by atoms with Crippen LogP contribution in [0.5, 0.6) is 0 Å². The Balaban J connectivity index is 1.58.